The number of H-pyrrole nitrogens is 1. The summed E-state index contributed by atoms with van der Waals surface area (Å²) in [5, 5.41) is 17.9. The van der Waals surface area contributed by atoms with Crippen molar-refractivity contribution in [3.63, 3.8) is 0 Å². The van der Waals surface area contributed by atoms with Crippen molar-refractivity contribution >= 4 is 11.6 Å². The molecule has 0 bridgehead atoms. The summed E-state index contributed by atoms with van der Waals surface area (Å²) in [4.78, 5) is 40.7. The second-order valence-electron chi connectivity index (χ2n) is 8.62. The Bertz CT molecular complexity index is 1220. The van der Waals surface area contributed by atoms with Crippen LogP contribution in [0, 0.1) is 5.41 Å². The smallest absolute Gasteiger partial charge is 0.291 e. The maximum Gasteiger partial charge on any atom is 0.291 e. The molecule has 0 radical (unpaired) electrons. The predicted octanol–water partition coefficient (Wildman–Crippen LogP) is 1.50. The maximum absolute atomic E-state index is 13.0. The summed E-state index contributed by atoms with van der Waals surface area (Å²) < 4.78 is 2.58. The molecule has 0 saturated heterocycles. The highest BCUT2D eigenvalue weighted by molar-refractivity contribution is 5.96. The number of aromatic amines is 1. The lowest BCUT2D eigenvalue weighted by molar-refractivity contribution is 0.0944. The third-order valence-electron chi connectivity index (χ3n) is 4.72. The van der Waals surface area contributed by atoms with Crippen molar-refractivity contribution in [2.75, 3.05) is 0 Å². The van der Waals surface area contributed by atoms with Crippen LogP contribution in [0.5, 0.6) is 5.88 Å². The van der Waals surface area contributed by atoms with E-state index in [-0.39, 0.29) is 28.1 Å². The number of hydrogen-bond acceptors (Lipinski definition) is 5. The van der Waals surface area contributed by atoms with Gasteiger partial charge < -0.3 is 15.4 Å². The molecule has 0 spiro atoms. The van der Waals surface area contributed by atoms with Gasteiger partial charge in [-0.1, -0.05) is 20.8 Å². The largest absolute Gasteiger partial charge is 0.494 e. The third kappa shape index (κ3) is 3.55. The highest BCUT2D eigenvalue weighted by Gasteiger charge is 2.30. The van der Waals surface area contributed by atoms with Crippen molar-refractivity contribution in [1.29, 1.82) is 0 Å². The van der Waals surface area contributed by atoms with E-state index < -0.39 is 17.3 Å². The lowest BCUT2D eigenvalue weighted by atomic mass is 9.96. The lowest BCUT2D eigenvalue weighted by Crippen LogP contribution is -2.35. The molecule has 9 heteroatoms. The average Bonchev–Trinajstić information content (AvgIpc) is 3.33. The van der Waals surface area contributed by atoms with Gasteiger partial charge in [0.1, 0.15) is 11.3 Å². The van der Waals surface area contributed by atoms with Crippen molar-refractivity contribution in [1.82, 2.24) is 24.5 Å². The second kappa shape index (κ2) is 6.61. The quantitative estimate of drug-likeness (QED) is 0.616. The van der Waals surface area contributed by atoms with Gasteiger partial charge >= 0.3 is 0 Å². The van der Waals surface area contributed by atoms with Gasteiger partial charge in [0.15, 0.2) is 11.0 Å². The molecule has 1 amide bonds. The first-order valence-corrected chi connectivity index (χ1v) is 9.49. The molecule has 1 aliphatic carbocycles. The van der Waals surface area contributed by atoms with Crippen LogP contribution in [0.4, 0.5) is 0 Å². The van der Waals surface area contributed by atoms with Crippen LogP contribution >= 0.6 is 0 Å². The van der Waals surface area contributed by atoms with Gasteiger partial charge in [-0.2, -0.15) is 9.61 Å². The number of nitrogens with zero attached hydrogens (tertiary/aromatic N) is 3. The van der Waals surface area contributed by atoms with E-state index in [4.69, 9.17) is 0 Å². The van der Waals surface area contributed by atoms with E-state index in [2.05, 4.69) is 15.4 Å². The number of amides is 1. The van der Waals surface area contributed by atoms with Gasteiger partial charge in [0, 0.05) is 37.1 Å². The number of carbonyl (C=O) groups is 1. The van der Waals surface area contributed by atoms with Crippen molar-refractivity contribution in [2.45, 2.75) is 46.2 Å². The molecule has 9 nitrogen and oxygen atoms in total. The molecule has 1 fully saturated rings. The van der Waals surface area contributed by atoms with E-state index in [1.165, 1.54) is 23.0 Å². The Morgan fingerprint density at radius 2 is 2.07 bits per heavy atom. The van der Waals surface area contributed by atoms with E-state index in [1.54, 1.807) is 6.07 Å². The molecule has 3 aromatic rings. The van der Waals surface area contributed by atoms with Gasteiger partial charge in [0.2, 0.25) is 5.88 Å². The van der Waals surface area contributed by atoms with E-state index in [1.807, 2.05) is 20.8 Å². The van der Waals surface area contributed by atoms with E-state index in [0.717, 1.165) is 17.4 Å². The average molecular weight is 397 g/mol. The minimum Gasteiger partial charge on any atom is -0.494 e. The van der Waals surface area contributed by atoms with Crippen molar-refractivity contribution < 1.29 is 9.90 Å². The Hall–Kier alpha value is -3.36. The first-order chi connectivity index (χ1) is 13.7. The third-order valence-corrected chi connectivity index (χ3v) is 4.72. The SMILES string of the molecule is CC(C)(C)Cn1c(O)c(C(=O)NC2CC2)c(=O)n2nc(-c3c[nH]ccc3=O)cc12. The topological polar surface area (TPSA) is 121 Å². The summed E-state index contributed by atoms with van der Waals surface area (Å²) in [6.07, 6.45) is 4.72. The molecule has 0 unspecified atom stereocenters. The molecule has 0 atom stereocenters. The second-order valence-corrected chi connectivity index (χ2v) is 8.62. The number of aromatic nitrogens is 4. The monoisotopic (exact) mass is 397 g/mol. The predicted molar refractivity (Wildman–Crippen MR) is 107 cm³/mol. The van der Waals surface area contributed by atoms with Crippen LogP contribution in [0.1, 0.15) is 44.0 Å². The molecule has 0 aliphatic heterocycles. The summed E-state index contributed by atoms with van der Waals surface area (Å²) in [7, 11) is 0. The Morgan fingerprint density at radius 3 is 2.69 bits per heavy atom. The standard InChI is InChI=1S/C20H23N5O4/c1-20(2,3)10-24-15-8-13(12-9-21-7-6-14(12)26)23-25(15)19(29)16(18(24)28)17(27)22-11-4-5-11/h6-9,11,28H,4-5,10H2,1-3H3,(H,21,26)(H,22,27). The molecule has 3 heterocycles. The minimum absolute atomic E-state index is 0.0316. The zero-order valence-corrected chi connectivity index (χ0v) is 16.5. The van der Waals surface area contributed by atoms with Gasteiger partial charge in [0.25, 0.3) is 11.5 Å². The number of pyridine rings is 1. The summed E-state index contributed by atoms with van der Waals surface area (Å²) >= 11 is 0. The Kier molecular flexibility index (Phi) is 4.33. The van der Waals surface area contributed by atoms with Crippen LogP contribution in [0.2, 0.25) is 0 Å². The first-order valence-electron chi connectivity index (χ1n) is 9.49. The Labute approximate surface area is 166 Å². The normalized spacial score (nSPS) is 14.3. The number of aromatic hydroxyl groups is 1. The lowest BCUT2D eigenvalue weighted by Gasteiger charge is -2.23. The summed E-state index contributed by atoms with van der Waals surface area (Å²) in [6, 6.07) is 2.97. The molecule has 3 aromatic heterocycles. The first kappa shape index (κ1) is 19.0. The number of hydrogen-bond donors (Lipinski definition) is 3. The highest BCUT2D eigenvalue weighted by Crippen LogP contribution is 2.27. The summed E-state index contributed by atoms with van der Waals surface area (Å²) in [6.45, 7) is 6.27. The van der Waals surface area contributed by atoms with Crippen molar-refractivity contribution in [3.8, 4) is 17.1 Å². The van der Waals surface area contributed by atoms with Gasteiger partial charge in [0.05, 0.1) is 5.56 Å². The molecule has 1 aliphatic rings. The number of nitrogens with one attached hydrogen (secondary N) is 2. The van der Waals surface area contributed by atoms with Gasteiger partial charge in [-0.3, -0.25) is 19.0 Å². The number of fused-ring (bicyclic) bond motifs is 1. The Morgan fingerprint density at radius 1 is 1.34 bits per heavy atom. The van der Waals surface area contributed by atoms with E-state index in [9.17, 15) is 19.5 Å². The number of carbonyl (C=O) groups excluding carboxylic acids is 1. The zero-order chi connectivity index (χ0) is 20.9. The van der Waals surface area contributed by atoms with Gasteiger partial charge in [-0.15, -0.1) is 0 Å². The Balaban J connectivity index is 1.98. The van der Waals surface area contributed by atoms with Crippen LogP contribution in [0.15, 0.2) is 34.1 Å². The zero-order valence-electron chi connectivity index (χ0n) is 16.5. The van der Waals surface area contributed by atoms with Crippen molar-refractivity contribution in [3.05, 3.63) is 50.7 Å². The van der Waals surface area contributed by atoms with Crippen molar-refractivity contribution in [2.24, 2.45) is 5.41 Å². The van der Waals surface area contributed by atoms with Crippen LogP contribution in [0.25, 0.3) is 16.9 Å². The molecule has 152 valence electrons. The van der Waals surface area contributed by atoms with Crippen LogP contribution in [-0.2, 0) is 6.54 Å². The fourth-order valence-corrected chi connectivity index (χ4v) is 3.22. The van der Waals surface area contributed by atoms with E-state index in [0.29, 0.717) is 17.8 Å². The molecular weight excluding hydrogens is 374 g/mol. The van der Waals surface area contributed by atoms with Crippen LogP contribution in [0.3, 0.4) is 0 Å². The highest BCUT2D eigenvalue weighted by atomic mass is 16.3. The van der Waals surface area contributed by atoms with Crippen LogP contribution in [-0.4, -0.2) is 36.2 Å². The molecule has 29 heavy (non-hydrogen) atoms. The molecule has 0 aromatic carbocycles. The van der Waals surface area contributed by atoms with Gasteiger partial charge in [-0.05, 0) is 18.3 Å². The fraction of sp³-hybridized carbons (Fsp3) is 0.400. The number of rotatable bonds is 4. The fourth-order valence-electron chi connectivity index (χ4n) is 3.22. The summed E-state index contributed by atoms with van der Waals surface area (Å²) in [5.74, 6) is -1.02. The minimum atomic E-state index is -0.723. The maximum atomic E-state index is 13.0. The van der Waals surface area contributed by atoms with E-state index >= 15 is 0 Å². The molecular formula is C20H23N5O4. The van der Waals surface area contributed by atoms with Crippen LogP contribution < -0.4 is 16.3 Å². The molecule has 3 N–H and O–H groups in total. The molecule has 4 rings (SSSR count). The summed E-state index contributed by atoms with van der Waals surface area (Å²) in [5.41, 5.74) is -0.690. The van der Waals surface area contributed by atoms with Gasteiger partial charge in [-0.25, -0.2) is 0 Å². The molecule has 1 saturated carbocycles.